The maximum absolute atomic E-state index is 12.0. The van der Waals surface area contributed by atoms with E-state index in [1.165, 1.54) is 18.7 Å². The molecule has 3 N–H and O–H groups in total. The summed E-state index contributed by atoms with van der Waals surface area (Å²) in [5.74, 6) is 1.29. The summed E-state index contributed by atoms with van der Waals surface area (Å²) in [5, 5.41) is 2.38. The lowest BCUT2D eigenvalue weighted by Gasteiger charge is -2.12. The topological polar surface area (TPSA) is 97.9 Å². The molecule has 0 saturated heterocycles. The number of hydrogen-bond donors (Lipinski definition) is 3. The Kier molecular flexibility index (Phi) is 10.2. The van der Waals surface area contributed by atoms with E-state index < -0.39 is 11.8 Å². The molecule has 2 aromatic rings. The van der Waals surface area contributed by atoms with E-state index in [9.17, 15) is 9.59 Å². The molecular weight excluding hydrogens is 442 g/mol. The molecule has 2 aromatic carbocycles. The molecule has 0 aromatic heterocycles. The van der Waals surface area contributed by atoms with Crippen molar-refractivity contribution < 1.29 is 23.8 Å². The van der Waals surface area contributed by atoms with Gasteiger partial charge in [-0.2, -0.15) is 0 Å². The van der Waals surface area contributed by atoms with Gasteiger partial charge in [0.05, 0.1) is 14.2 Å². The Morgan fingerprint density at radius 3 is 2.36 bits per heavy atom. The van der Waals surface area contributed by atoms with E-state index in [1.54, 1.807) is 31.4 Å². The van der Waals surface area contributed by atoms with Crippen LogP contribution >= 0.6 is 12.2 Å². The van der Waals surface area contributed by atoms with Crippen molar-refractivity contribution in [2.75, 3.05) is 20.8 Å². The van der Waals surface area contributed by atoms with E-state index in [0.29, 0.717) is 23.2 Å². The first kappa shape index (κ1) is 25.7. The molecule has 0 heterocycles. The molecule has 0 spiro atoms. The Balaban J connectivity index is 1.74. The van der Waals surface area contributed by atoms with Crippen LogP contribution in [0.2, 0.25) is 0 Å². The van der Waals surface area contributed by atoms with Crippen LogP contribution in [0, 0.1) is 0 Å². The predicted octanol–water partition coefficient (Wildman–Crippen LogP) is 3.33. The molecule has 2 amide bonds. The molecule has 33 heavy (non-hydrogen) atoms. The second kappa shape index (κ2) is 13.1. The molecule has 176 valence electrons. The average molecular weight is 472 g/mol. The Bertz CT molecular complexity index is 992. The second-order valence-electron chi connectivity index (χ2n) is 7.11. The maximum atomic E-state index is 12.0. The number of rotatable bonds is 9. The van der Waals surface area contributed by atoms with Gasteiger partial charge in [0.25, 0.3) is 5.91 Å². The van der Waals surface area contributed by atoms with Gasteiger partial charge in [-0.05, 0) is 66.0 Å². The highest BCUT2D eigenvalue weighted by Crippen LogP contribution is 2.28. The van der Waals surface area contributed by atoms with Crippen molar-refractivity contribution in [1.29, 1.82) is 0 Å². The number of thiocarbonyl (C=S) groups is 1. The van der Waals surface area contributed by atoms with Crippen molar-refractivity contribution in [3.63, 3.8) is 0 Å². The van der Waals surface area contributed by atoms with Gasteiger partial charge in [-0.1, -0.05) is 32.0 Å². The third kappa shape index (κ3) is 8.46. The predicted molar refractivity (Wildman–Crippen MR) is 131 cm³/mol. The van der Waals surface area contributed by atoms with Gasteiger partial charge in [0.2, 0.25) is 5.91 Å². The van der Waals surface area contributed by atoms with E-state index in [0.717, 1.165) is 12.0 Å². The first-order valence-corrected chi connectivity index (χ1v) is 10.8. The molecule has 0 radical (unpaired) electrons. The Labute approximate surface area is 199 Å². The number of carbonyl (C=O) groups excluding carboxylic acids is 2. The Morgan fingerprint density at radius 2 is 1.73 bits per heavy atom. The number of benzene rings is 2. The molecule has 9 heteroatoms. The number of hydrogen-bond acceptors (Lipinski definition) is 6. The first-order valence-electron chi connectivity index (χ1n) is 10.4. The molecule has 8 nitrogen and oxygen atoms in total. The number of methoxy groups -OCH3 is 2. The minimum absolute atomic E-state index is 0.0526. The van der Waals surface area contributed by atoms with E-state index in [1.807, 2.05) is 24.3 Å². The monoisotopic (exact) mass is 471 g/mol. The fourth-order valence-corrected chi connectivity index (χ4v) is 2.90. The van der Waals surface area contributed by atoms with Crippen LogP contribution in [0.5, 0.6) is 17.2 Å². The molecule has 2 rings (SSSR count). The summed E-state index contributed by atoms with van der Waals surface area (Å²) in [6.07, 6.45) is 3.96. The maximum Gasteiger partial charge on any atom is 0.276 e. The van der Waals surface area contributed by atoms with E-state index in [-0.39, 0.29) is 11.7 Å². The van der Waals surface area contributed by atoms with Gasteiger partial charge in [0, 0.05) is 6.08 Å². The van der Waals surface area contributed by atoms with Gasteiger partial charge in [-0.25, -0.2) is 0 Å². The third-order valence-corrected chi connectivity index (χ3v) is 5.02. The lowest BCUT2D eigenvalue weighted by molar-refractivity contribution is -0.123. The van der Waals surface area contributed by atoms with Gasteiger partial charge in [-0.3, -0.25) is 25.8 Å². The quantitative estimate of drug-likeness (QED) is 0.293. The molecule has 0 aliphatic rings. The molecule has 0 saturated carbocycles. The Morgan fingerprint density at radius 1 is 1.03 bits per heavy atom. The lowest BCUT2D eigenvalue weighted by Crippen LogP contribution is -2.49. The highest BCUT2D eigenvalue weighted by atomic mass is 32.1. The number of carbonyl (C=O) groups is 2. The number of ether oxygens (including phenoxy) is 3. The van der Waals surface area contributed by atoms with Crippen LogP contribution in [-0.4, -0.2) is 37.8 Å². The number of amides is 2. The van der Waals surface area contributed by atoms with Crippen molar-refractivity contribution >= 4 is 35.2 Å². The van der Waals surface area contributed by atoms with Crippen LogP contribution in [0.25, 0.3) is 6.08 Å². The SMILES string of the molecule is CCC(C)c1ccc(OCC(=O)NNC(=S)NC(=O)C=Cc2ccc(OC)c(OC)c2)cc1. The van der Waals surface area contributed by atoms with Gasteiger partial charge in [0.1, 0.15) is 5.75 Å². The normalized spacial score (nSPS) is 11.4. The summed E-state index contributed by atoms with van der Waals surface area (Å²) in [6, 6.07) is 12.9. The van der Waals surface area contributed by atoms with Crippen molar-refractivity contribution in [3.8, 4) is 17.2 Å². The molecule has 1 unspecified atom stereocenters. The van der Waals surface area contributed by atoms with Gasteiger partial charge < -0.3 is 14.2 Å². The molecule has 0 fully saturated rings. The standard InChI is InChI=1S/C24H29N3O5S/c1-5-16(2)18-8-10-19(11-9-18)32-15-23(29)26-27-24(33)25-22(28)13-7-17-6-12-20(30-3)21(14-17)31-4/h6-14,16H,5,15H2,1-4H3,(H,26,29)(H2,25,27,28,33). The van der Waals surface area contributed by atoms with Gasteiger partial charge in [-0.15, -0.1) is 0 Å². The number of hydrazine groups is 1. The van der Waals surface area contributed by atoms with Gasteiger partial charge in [0.15, 0.2) is 23.2 Å². The lowest BCUT2D eigenvalue weighted by atomic mass is 9.99. The van der Waals surface area contributed by atoms with Crippen molar-refractivity contribution in [1.82, 2.24) is 16.2 Å². The van der Waals surface area contributed by atoms with Crippen molar-refractivity contribution in [2.45, 2.75) is 26.2 Å². The van der Waals surface area contributed by atoms with Crippen molar-refractivity contribution in [2.24, 2.45) is 0 Å². The fourth-order valence-electron chi connectivity index (χ4n) is 2.75. The summed E-state index contributed by atoms with van der Waals surface area (Å²) < 4.78 is 15.9. The van der Waals surface area contributed by atoms with Crippen LogP contribution in [0.4, 0.5) is 0 Å². The zero-order chi connectivity index (χ0) is 24.2. The Hall–Kier alpha value is -3.59. The summed E-state index contributed by atoms with van der Waals surface area (Å²) in [5.41, 5.74) is 6.80. The van der Waals surface area contributed by atoms with Crippen LogP contribution < -0.4 is 30.4 Å². The molecule has 0 aliphatic carbocycles. The van der Waals surface area contributed by atoms with Crippen LogP contribution in [-0.2, 0) is 9.59 Å². The minimum atomic E-state index is -0.464. The van der Waals surface area contributed by atoms with Gasteiger partial charge >= 0.3 is 0 Å². The average Bonchev–Trinajstić information content (AvgIpc) is 2.84. The van der Waals surface area contributed by atoms with Crippen molar-refractivity contribution in [3.05, 3.63) is 59.7 Å². The highest BCUT2D eigenvalue weighted by molar-refractivity contribution is 7.80. The molecule has 0 bridgehead atoms. The summed E-state index contributed by atoms with van der Waals surface area (Å²) in [7, 11) is 3.08. The molecule has 1 atom stereocenters. The molecular formula is C24H29N3O5S. The van der Waals surface area contributed by atoms with E-state index in [4.69, 9.17) is 26.4 Å². The highest BCUT2D eigenvalue weighted by Gasteiger charge is 2.07. The largest absolute Gasteiger partial charge is 0.493 e. The van der Waals surface area contributed by atoms with Crippen LogP contribution in [0.1, 0.15) is 37.3 Å². The smallest absolute Gasteiger partial charge is 0.276 e. The molecule has 0 aliphatic heterocycles. The summed E-state index contributed by atoms with van der Waals surface area (Å²) in [6.45, 7) is 4.09. The minimum Gasteiger partial charge on any atom is -0.493 e. The van der Waals surface area contributed by atoms with E-state index in [2.05, 4.69) is 30.0 Å². The second-order valence-corrected chi connectivity index (χ2v) is 7.51. The zero-order valence-electron chi connectivity index (χ0n) is 19.1. The van der Waals surface area contributed by atoms with E-state index >= 15 is 0 Å². The summed E-state index contributed by atoms with van der Waals surface area (Å²) in [4.78, 5) is 24.0. The summed E-state index contributed by atoms with van der Waals surface area (Å²) >= 11 is 5.01. The zero-order valence-corrected chi connectivity index (χ0v) is 20.0. The third-order valence-electron chi connectivity index (χ3n) is 4.82. The van der Waals surface area contributed by atoms with Crippen LogP contribution in [0.3, 0.4) is 0 Å². The van der Waals surface area contributed by atoms with Crippen LogP contribution in [0.15, 0.2) is 48.5 Å². The first-order chi connectivity index (χ1) is 15.9. The number of nitrogens with one attached hydrogen (secondary N) is 3. The fraction of sp³-hybridized carbons (Fsp3) is 0.292.